The first-order valence-corrected chi connectivity index (χ1v) is 12.2. The van der Waals surface area contributed by atoms with Crippen molar-refractivity contribution in [3.8, 4) is 5.75 Å². The van der Waals surface area contributed by atoms with E-state index in [0.29, 0.717) is 34.6 Å². The Morgan fingerprint density at radius 3 is 2.46 bits per heavy atom. The van der Waals surface area contributed by atoms with E-state index in [1.807, 2.05) is 42.5 Å². The lowest BCUT2D eigenvalue weighted by Crippen LogP contribution is -2.34. The zero-order valence-electron chi connectivity index (χ0n) is 20.7. The number of rotatable bonds is 7. The molecule has 190 valence electrons. The number of carbonyl (C=O) groups is 2. The van der Waals surface area contributed by atoms with Crippen molar-refractivity contribution in [3.05, 3.63) is 100 Å². The summed E-state index contributed by atoms with van der Waals surface area (Å²) in [5.41, 5.74) is 5.66. The first-order chi connectivity index (χ1) is 17.7. The molecule has 3 aromatic rings. The molecule has 37 heavy (non-hydrogen) atoms. The Kier molecular flexibility index (Phi) is 6.45. The first-order valence-electron chi connectivity index (χ1n) is 12.2. The second-order valence-electron chi connectivity index (χ2n) is 10.0. The summed E-state index contributed by atoms with van der Waals surface area (Å²) in [5.74, 6) is 0.193. The van der Waals surface area contributed by atoms with Gasteiger partial charge in [0, 0.05) is 27.8 Å². The molecular weight excluding hydrogens is 470 g/mol. The minimum atomic E-state index is -1.29. The molecule has 2 atom stereocenters. The zero-order valence-corrected chi connectivity index (χ0v) is 20.7. The van der Waals surface area contributed by atoms with Crippen molar-refractivity contribution in [1.29, 1.82) is 0 Å². The molecule has 2 aliphatic rings. The number of carbonyl (C=O) groups excluding carboxylic acids is 2. The van der Waals surface area contributed by atoms with Gasteiger partial charge in [-0.25, -0.2) is 0 Å². The average molecular weight is 500 g/mol. The quantitative estimate of drug-likeness (QED) is 0.395. The van der Waals surface area contributed by atoms with Crippen LogP contribution in [-0.2, 0) is 11.8 Å². The second-order valence-corrected chi connectivity index (χ2v) is 10.0. The van der Waals surface area contributed by atoms with Gasteiger partial charge >= 0.3 is 0 Å². The molecule has 0 aromatic heterocycles. The SMILES string of the molecule is CC1(C)C2=C(C(=O)c3ccc(OCC(O)C(O)CO)cc31)c1ccc(C(=O)Nc3ccccc3)cc1C2. The first kappa shape index (κ1) is 24.9. The van der Waals surface area contributed by atoms with Crippen LogP contribution in [0.15, 0.2) is 72.3 Å². The molecule has 1 amide bonds. The Balaban J connectivity index is 1.41. The standard InChI is InChI=1S/C30H29NO6/c1-30(2)23-14-20(37-16-26(34)25(33)15-32)9-11-22(23)28(35)27-21-10-8-17(12-18(21)13-24(27)30)29(36)31-19-6-4-3-5-7-19/h3-12,14,25-26,32-34H,13,15-16H2,1-2H3,(H,31,36). The van der Waals surface area contributed by atoms with Gasteiger partial charge in [0.05, 0.1) is 6.61 Å². The van der Waals surface area contributed by atoms with Gasteiger partial charge in [0.15, 0.2) is 5.78 Å². The molecule has 0 spiro atoms. The summed E-state index contributed by atoms with van der Waals surface area (Å²) >= 11 is 0. The molecule has 2 unspecified atom stereocenters. The number of aliphatic hydroxyl groups is 3. The molecule has 7 heteroatoms. The average Bonchev–Trinajstić information content (AvgIpc) is 3.31. The molecule has 4 N–H and O–H groups in total. The van der Waals surface area contributed by atoms with Gasteiger partial charge in [-0.3, -0.25) is 9.59 Å². The van der Waals surface area contributed by atoms with Crippen molar-refractivity contribution in [1.82, 2.24) is 0 Å². The number of nitrogens with one attached hydrogen (secondary N) is 1. The van der Waals surface area contributed by atoms with Crippen LogP contribution < -0.4 is 10.1 Å². The summed E-state index contributed by atoms with van der Waals surface area (Å²) in [6.07, 6.45) is -1.97. The zero-order chi connectivity index (χ0) is 26.3. The van der Waals surface area contributed by atoms with Crippen molar-refractivity contribution >= 4 is 23.0 Å². The number of anilines is 1. The Bertz CT molecular complexity index is 1410. The number of hydrogen-bond acceptors (Lipinski definition) is 6. The number of hydrogen-bond donors (Lipinski definition) is 4. The van der Waals surface area contributed by atoms with Crippen LogP contribution in [-0.4, -0.2) is 52.4 Å². The molecule has 0 fully saturated rings. The molecule has 0 saturated carbocycles. The van der Waals surface area contributed by atoms with Crippen LogP contribution >= 0.6 is 0 Å². The number of ketones is 1. The number of aliphatic hydroxyl groups excluding tert-OH is 3. The Hall–Kier alpha value is -3.78. The largest absolute Gasteiger partial charge is 0.491 e. The van der Waals surface area contributed by atoms with E-state index >= 15 is 0 Å². The maximum Gasteiger partial charge on any atom is 0.255 e. The van der Waals surface area contributed by atoms with E-state index in [4.69, 9.17) is 9.84 Å². The highest BCUT2D eigenvalue weighted by molar-refractivity contribution is 6.33. The molecule has 0 bridgehead atoms. The second kappa shape index (κ2) is 9.59. The van der Waals surface area contributed by atoms with Gasteiger partial charge in [0.1, 0.15) is 24.6 Å². The van der Waals surface area contributed by atoms with Crippen molar-refractivity contribution in [2.24, 2.45) is 0 Å². The fraction of sp³-hybridized carbons (Fsp3) is 0.267. The van der Waals surface area contributed by atoms with Gasteiger partial charge < -0.3 is 25.4 Å². The molecule has 0 heterocycles. The lowest BCUT2D eigenvalue weighted by atomic mass is 9.68. The van der Waals surface area contributed by atoms with E-state index in [2.05, 4.69) is 19.2 Å². The van der Waals surface area contributed by atoms with Crippen LogP contribution in [0.1, 0.15) is 51.3 Å². The number of para-hydroxylation sites is 1. The van der Waals surface area contributed by atoms with Gasteiger partial charge in [-0.1, -0.05) is 38.1 Å². The maximum absolute atomic E-state index is 13.6. The lowest BCUT2D eigenvalue weighted by molar-refractivity contribution is -0.0339. The molecule has 0 aliphatic heterocycles. The van der Waals surface area contributed by atoms with Crippen LogP contribution in [0, 0.1) is 0 Å². The Morgan fingerprint density at radius 2 is 1.73 bits per heavy atom. The molecule has 0 saturated heterocycles. The van der Waals surface area contributed by atoms with E-state index in [1.165, 1.54) is 0 Å². The number of ether oxygens (including phenoxy) is 1. The van der Waals surface area contributed by atoms with Crippen LogP contribution in [0.2, 0.25) is 0 Å². The molecular formula is C30H29NO6. The van der Waals surface area contributed by atoms with E-state index in [9.17, 15) is 19.8 Å². The fourth-order valence-corrected chi connectivity index (χ4v) is 5.12. The smallest absolute Gasteiger partial charge is 0.255 e. The third-order valence-electron chi connectivity index (χ3n) is 7.28. The minimum absolute atomic E-state index is 0.0631. The van der Waals surface area contributed by atoms with Crippen LogP contribution in [0.25, 0.3) is 5.57 Å². The van der Waals surface area contributed by atoms with E-state index in [-0.39, 0.29) is 18.3 Å². The van der Waals surface area contributed by atoms with Crippen molar-refractivity contribution in [2.45, 2.75) is 37.9 Å². The predicted octanol–water partition coefficient (Wildman–Crippen LogP) is 3.52. The minimum Gasteiger partial charge on any atom is -0.491 e. The fourth-order valence-electron chi connectivity index (χ4n) is 5.12. The number of benzene rings is 3. The van der Waals surface area contributed by atoms with Gasteiger partial charge in [0.25, 0.3) is 5.91 Å². The van der Waals surface area contributed by atoms with Crippen LogP contribution in [0.5, 0.6) is 5.75 Å². The molecule has 0 radical (unpaired) electrons. The van der Waals surface area contributed by atoms with E-state index in [0.717, 1.165) is 22.3 Å². The van der Waals surface area contributed by atoms with Crippen molar-refractivity contribution in [2.75, 3.05) is 18.5 Å². The summed E-state index contributed by atoms with van der Waals surface area (Å²) in [6, 6.07) is 20.0. The maximum atomic E-state index is 13.6. The predicted molar refractivity (Wildman–Crippen MR) is 140 cm³/mol. The number of amides is 1. The van der Waals surface area contributed by atoms with Gasteiger partial charge in [-0.05, 0) is 71.1 Å². The number of fused-ring (bicyclic) bond motifs is 3. The molecule has 3 aromatic carbocycles. The highest BCUT2D eigenvalue weighted by Gasteiger charge is 2.43. The van der Waals surface area contributed by atoms with E-state index in [1.54, 1.807) is 24.3 Å². The third-order valence-corrected chi connectivity index (χ3v) is 7.28. The molecule has 7 nitrogen and oxygen atoms in total. The molecule has 5 rings (SSSR count). The summed E-state index contributed by atoms with van der Waals surface area (Å²) < 4.78 is 5.66. The topological polar surface area (TPSA) is 116 Å². The van der Waals surface area contributed by atoms with E-state index < -0.39 is 24.2 Å². The highest BCUT2D eigenvalue weighted by atomic mass is 16.5. The monoisotopic (exact) mass is 499 g/mol. The summed E-state index contributed by atoms with van der Waals surface area (Å²) in [5, 5.41) is 31.4. The van der Waals surface area contributed by atoms with Gasteiger partial charge in [0.2, 0.25) is 0 Å². The summed E-state index contributed by atoms with van der Waals surface area (Å²) in [6.45, 7) is 3.37. The number of Topliss-reactive ketones (excluding diaryl/α,β-unsaturated/α-hetero) is 1. The number of allylic oxidation sites excluding steroid dienone is 2. The Morgan fingerprint density at radius 1 is 1.00 bits per heavy atom. The van der Waals surface area contributed by atoms with Gasteiger partial charge in [-0.15, -0.1) is 0 Å². The summed E-state index contributed by atoms with van der Waals surface area (Å²) in [4.78, 5) is 26.5. The third kappa shape index (κ3) is 4.46. The van der Waals surface area contributed by atoms with Crippen molar-refractivity contribution in [3.63, 3.8) is 0 Å². The normalized spacial score (nSPS) is 16.9. The van der Waals surface area contributed by atoms with Gasteiger partial charge in [-0.2, -0.15) is 0 Å². The lowest BCUT2D eigenvalue weighted by Gasteiger charge is -2.34. The van der Waals surface area contributed by atoms with Crippen LogP contribution in [0.3, 0.4) is 0 Å². The summed E-state index contributed by atoms with van der Waals surface area (Å²) in [7, 11) is 0. The molecule has 2 aliphatic carbocycles. The highest BCUT2D eigenvalue weighted by Crippen LogP contribution is 2.50. The van der Waals surface area contributed by atoms with Crippen LogP contribution in [0.4, 0.5) is 5.69 Å². The Labute approximate surface area is 215 Å². The van der Waals surface area contributed by atoms with Crippen molar-refractivity contribution < 1.29 is 29.6 Å².